The highest BCUT2D eigenvalue weighted by Crippen LogP contribution is 2.25. The maximum absolute atomic E-state index is 12.9. The van der Waals surface area contributed by atoms with Crippen LogP contribution in [0.5, 0.6) is 0 Å². The highest BCUT2D eigenvalue weighted by atomic mass is 35.5. The van der Waals surface area contributed by atoms with Gasteiger partial charge in [-0.25, -0.2) is 0 Å². The maximum atomic E-state index is 12.9. The molecule has 0 radical (unpaired) electrons. The molecule has 0 saturated carbocycles. The fourth-order valence-electron chi connectivity index (χ4n) is 3.21. The van der Waals surface area contributed by atoms with E-state index in [-0.39, 0.29) is 39.5 Å². The Morgan fingerprint density at radius 3 is 2.39 bits per heavy atom. The van der Waals surface area contributed by atoms with Gasteiger partial charge in [0.1, 0.15) is 11.5 Å². The number of hydrogen-bond donors (Lipinski definition) is 2. The van der Waals surface area contributed by atoms with Gasteiger partial charge in [-0.1, -0.05) is 23.7 Å². The third kappa shape index (κ3) is 4.92. The molecular formula is C22H20ClN3O5. The van der Waals surface area contributed by atoms with Crippen LogP contribution in [-0.4, -0.2) is 16.7 Å². The first kappa shape index (κ1) is 22.0. The summed E-state index contributed by atoms with van der Waals surface area (Å²) in [5, 5.41) is 16.3. The van der Waals surface area contributed by atoms with Crippen molar-refractivity contribution in [1.29, 1.82) is 0 Å². The van der Waals surface area contributed by atoms with Gasteiger partial charge in [-0.3, -0.25) is 19.7 Å². The van der Waals surface area contributed by atoms with Gasteiger partial charge in [0.05, 0.1) is 32.8 Å². The number of amides is 2. The van der Waals surface area contributed by atoms with Gasteiger partial charge in [0.15, 0.2) is 0 Å². The summed E-state index contributed by atoms with van der Waals surface area (Å²) in [7, 11) is 0. The van der Waals surface area contributed by atoms with Crippen LogP contribution in [0.15, 0.2) is 52.9 Å². The van der Waals surface area contributed by atoms with E-state index in [0.717, 1.165) is 23.2 Å². The number of anilines is 1. The molecule has 0 aliphatic heterocycles. The summed E-state index contributed by atoms with van der Waals surface area (Å²) in [6.07, 6.45) is 0. The van der Waals surface area contributed by atoms with Crippen molar-refractivity contribution in [3.05, 3.63) is 91.9 Å². The molecule has 0 saturated heterocycles. The Bertz CT molecular complexity index is 1170. The lowest BCUT2D eigenvalue weighted by molar-refractivity contribution is -0.384. The number of aryl methyl sites for hydroxylation is 2. The number of nitrogens with zero attached hydrogens (tertiary/aromatic N) is 1. The van der Waals surface area contributed by atoms with Crippen LogP contribution >= 0.6 is 11.6 Å². The molecular weight excluding hydrogens is 422 g/mol. The van der Waals surface area contributed by atoms with Crippen molar-refractivity contribution in [1.82, 2.24) is 5.32 Å². The molecule has 2 aromatic carbocycles. The number of halogens is 1. The fraction of sp³-hybridized carbons (Fsp3) is 0.182. The molecule has 1 aromatic heterocycles. The Balaban J connectivity index is 1.80. The highest BCUT2D eigenvalue weighted by molar-refractivity contribution is 6.34. The predicted octanol–water partition coefficient (Wildman–Crippen LogP) is 5.20. The molecule has 2 amide bonds. The summed E-state index contributed by atoms with van der Waals surface area (Å²) >= 11 is 6.04. The van der Waals surface area contributed by atoms with Crippen molar-refractivity contribution < 1.29 is 18.9 Å². The average Bonchev–Trinajstić information content (AvgIpc) is 3.06. The van der Waals surface area contributed by atoms with Crippen LogP contribution in [0.25, 0.3) is 0 Å². The lowest BCUT2D eigenvalue weighted by Gasteiger charge is -2.16. The minimum Gasteiger partial charge on any atom is -0.466 e. The molecule has 160 valence electrons. The van der Waals surface area contributed by atoms with E-state index in [1.54, 1.807) is 24.3 Å². The fourth-order valence-corrected chi connectivity index (χ4v) is 3.47. The number of hydrogen-bond acceptors (Lipinski definition) is 5. The van der Waals surface area contributed by atoms with Crippen molar-refractivity contribution in [2.24, 2.45) is 0 Å². The number of nitro groups is 1. The summed E-state index contributed by atoms with van der Waals surface area (Å²) in [5.41, 5.74) is 1.25. The monoisotopic (exact) mass is 441 g/mol. The van der Waals surface area contributed by atoms with E-state index >= 15 is 0 Å². The van der Waals surface area contributed by atoms with Crippen LogP contribution < -0.4 is 10.6 Å². The van der Waals surface area contributed by atoms with Crippen LogP contribution in [0.1, 0.15) is 50.8 Å². The van der Waals surface area contributed by atoms with Crippen molar-refractivity contribution in [3.63, 3.8) is 0 Å². The number of rotatable bonds is 6. The lowest BCUT2D eigenvalue weighted by atomic mass is 10.1. The van der Waals surface area contributed by atoms with Crippen LogP contribution in [-0.2, 0) is 0 Å². The van der Waals surface area contributed by atoms with Crippen molar-refractivity contribution in [2.45, 2.75) is 26.8 Å². The lowest BCUT2D eigenvalue weighted by Crippen LogP contribution is -2.28. The molecule has 31 heavy (non-hydrogen) atoms. The number of non-ortho nitro benzene ring substituents is 1. The SMILES string of the molecule is Cc1cc(C(C)NC(=O)c2ccccc2NC(=O)c2ccc([N+](=O)[O-])cc2Cl)c(C)o1. The maximum Gasteiger partial charge on any atom is 0.270 e. The van der Waals surface area contributed by atoms with Gasteiger partial charge in [-0.05, 0) is 45.0 Å². The first-order chi connectivity index (χ1) is 14.7. The zero-order valence-corrected chi connectivity index (χ0v) is 17.8. The topological polar surface area (TPSA) is 114 Å². The largest absolute Gasteiger partial charge is 0.466 e. The Morgan fingerprint density at radius 2 is 1.77 bits per heavy atom. The predicted molar refractivity (Wildman–Crippen MR) is 117 cm³/mol. The Labute approximate surface area is 183 Å². The molecule has 3 rings (SSSR count). The second kappa shape index (κ2) is 9.01. The van der Waals surface area contributed by atoms with Crippen molar-refractivity contribution in [3.8, 4) is 0 Å². The second-order valence-corrected chi connectivity index (χ2v) is 7.39. The third-order valence-electron chi connectivity index (χ3n) is 4.72. The Kier molecular flexibility index (Phi) is 6.41. The molecule has 8 nitrogen and oxygen atoms in total. The first-order valence-corrected chi connectivity index (χ1v) is 9.77. The van der Waals surface area contributed by atoms with Gasteiger partial charge >= 0.3 is 0 Å². The van der Waals surface area contributed by atoms with E-state index in [1.807, 2.05) is 26.8 Å². The molecule has 9 heteroatoms. The van der Waals surface area contributed by atoms with Crippen molar-refractivity contribution in [2.75, 3.05) is 5.32 Å². The van der Waals surface area contributed by atoms with Gasteiger partial charge in [0.25, 0.3) is 17.5 Å². The van der Waals surface area contributed by atoms with E-state index < -0.39 is 10.8 Å². The van der Waals surface area contributed by atoms with Crippen molar-refractivity contribution >= 4 is 34.8 Å². The smallest absolute Gasteiger partial charge is 0.270 e. The Hall–Kier alpha value is -3.65. The molecule has 1 heterocycles. The zero-order chi connectivity index (χ0) is 22.7. The minimum absolute atomic E-state index is 0.0559. The van der Waals surface area contributed by atoms with Gasteiger partial charge < -0.3 is 15.1 Å². The molecule has 0 aliphatic rings. The first-order valence-electron chi connectivity index (χ1n) is 9.39. The van der Waals surface area contributed by atoms with E-state index in [9.17, 15) is 19.7 Å². The molecule has 0 aliphatic carbocycles. The van der Waals surface area contributed by atoms with Gasteiger partial charge in [0, 0.05) is 17.7 Å². The second-order valence-electron chi connectivity index (χ2n) is 6.98. The minimum atomic E-state index is -0.600. The molecule has 0 fully saturated rings. The van der Waals surface area contributed by atoms with E-state index in [4.69, 9.17) is 16.0 Å². The van der Waals surface area contributed by atoms with Crippen LogP contribution in [0.4, 0.5) is 11.4 Å². The molecule has 1 unspecified atom stereocenters. The number of nitro benzene ring substituents is 1. The number of benzene rings is 2. The summed E-state index contributed by atoms with van der Waals surface area (Å²) in [4.78, 5) is 35.8. The number of carbonyl (C=O) groups excluding carboxylic acids is 2. The van der Waals surface area contributed by atoms with Crippen LogP contribution in [0, 0.1) is 24.0 Å². The number of carbonyl (C=O) groups is 2. The van der Waals surface area contributed by atoms with Gasteiger partial charge in [0.2, 0.25) is 0 Å². The summed E-state index contributed by atoms with van der Waals surface area (Å²) in [6.45, 7) is 5.50. The molecule has 0 bridgehead atoms. The van der Waals surface area contributed by atoms with E-state index in [2.05, 4.69) is 10.6 Å². The standard InChI is InChI=1S/C22H20ClN3O5/c1-12-10-18(14(3)31-12)13(2)24-22(28)17-6-4-5-7-20(17)25-21(27)16-9-8-15(26(29)30)11-19(16)23/h4-11,13H,1-3H3,(H,24,28)(H,25,27). The van der Waals surface area contributed by atoms with Gasteiger partial charge in [-0.2, -0.15) is 0 Å². The summed E-state index contributed by atoms with van der Waals surface area (Å²) < 4.78 is 5.52. The number of para-hydroxylation sites is 1. The zero-order valence-electron chi connectivity index (χ0n) is 17.1. The quantitative estimate of drug-likeness (QED) is 0.403. The van der Waals surface area contributed by atoms with E-state index in [0.29, 0.717) is 0 Å². The number of furan rings is 1. The molecule has 1 atom stereocenters. The highest BCUT2D eigenvalue weighted by Gasteiger charge is 2.20. The van der Waals surface area contributed by atoms with E-state index in [1.165, 1.54) is 12.1 Å². The molecule has 2 N–H and O–H groups in total. The molecule has 3 aromatic rings. The Morgan fingerprint density at radius 1 is 1.06 bits per heavy atom. The number of nitrogens with one attached hydrogen (secondary N) is 2. The summed E-state index contributed by atoms with van der Waals surface area (Å²) in [5.74, 6) is 0.506. The molecule has 0 spiro atoms. The third-order valence-corrected chi connectivity index (χ3v) is 5.03. The van der Waals surface area contributed by atoms with Crippen LogP contribution in [0.3, 0.4) is 0 Å². The summed E-state index contributed by atoms with van der Waals surface area (Å²) in [6, 6.07) is 11.7. The average molecular weight is 442 g/mol. The van der Waals surface area contributed by atoms with Crippen LogP contribution in [0.2, 0.25) is 5.02 Å². The normalized spacial score (nSPS) is 11.6. The van der Waals surface area contributed by atoms with Gasteiger partial charge in [-0.15, -0.1) is 0 Å².